The average molecular weight is 300 g/mol. The average Bonchev–Trinajstić information content (AvgIpc) is 3.10. The van der Waals surface area contributed by atoms with Gasteiger partial charge in [-0.1, -0.05) is 25.1 Å². The van der Waals surface area contributed by atoms with Gasteiger partial charge >= 0.3 is 0 Å². The maximum absolute atomic E-state index is 6.17. The summed E-state index contributed by atoms with van der Waals surface area (Å²) in [6.07, 6.45) is 5.59. The van der Waals surface area contributed by atoms with Crippen molar-refractivity contribution >= 4 is 33.5 Å². The third kappa shape index (κ3) is 2.03. The second-order valence-electron chi connectivity index (χ2n) is 6.11. The molecule has 0 spiro atoms. The molecule has 108 valence electrons. The Kier molecular flexibility index (Phi) is 3.11. The van der Waals surface area contributed by atoms with Crippen LogP contribution in [0, 0.1) is 5.92 Å². The van der Waals surface area contributed by atoms with Gasteiger partial charge in [-0.25, -0.2) is 4.98 Å². The Labute approximate surface area is 129 Å². The topological polar surface area (TPSA) is 30.7 Å². The number of aromatic nitrogens is 3. The van der Waals surface area contributed by atoms with Crippen molar-refractivity contribution in [3.8, 4) is 0 Å². The smallest absolute Gasteiger partial charge is 0.125 e. The molecule has 3 nitrogen and oxygen atoms in total. The first-order valence-corrected chi connectivity index (χ1v) is 8.12. The van der Waals surface area contributed by atoms with Crippen LogP contribution in [0.1, 0.15) is 38.1 Å². The van der Waals surface area contributed by atoms with Gasteiger partial charge in [0.25, 0.3) is 0 Å². The summed E-state index contributed by atoms with van der Waals surface area (Å²) in [5, 5.41) is 1.18. The van der Waals surface area contributed by atoms with Crippen LogP contribution in [0.25, 0.3) is 21.9 Å². The van der Waals surface area contributed by atoms with E-state index < -0.39 is 0 Å². The fourth-order valence-electron chi connectivity index (χ4n) is 3.67. The van der Waals surface area contributed by atoms with E-state index in [0.29, 0.717) is 11.9 Å². The lowest BCUT2D eigenvalue weighted by atomic mass is 10.1. The first kappa shape index (κ1) is 13.1. The van der Waals surface area contributed by atoms with E-state index in [1.807, 2.05) is 12.3 Å². The number of nitrogens with zero attached hydrogens (tertiary/aromatic N) is 3. The van der Waals surface area contributed by atoms with Crippen LogP contribution in [0.15, 0.2) is 30.5 Å². The molecule has 3 aromatic rings. The minimum Gasteiger partial charge on any atom is -0.323 e. The number of halogens is 1. The molecule has 0 saturated heterocycles. The van der Waals surface area contributed by atoms with Gasteiger partial charge in [0.1, 0.15) is 11.3 Å². The molecule has 21 heavy (non-hydrogen) atoms. The van der Waals surface area contributed by atoms with Crippen molar-refractivity contribution in [3.05, 3.63) is 36.3 Å². The number of pyridine rings is 1. The van der Waals surface area contributed by atoms with Gasteiger partial charge in [0.2, 0.25) is 0 Å². The van der Waals surface area contributed by atoms with Crippen molar-refractivity contribution in [2.24, 2.45) is 5.92 Å². The summed E-state index contributed by atoms with van der Waals surface area (Å²) in [7, 11) is 0. The molecule has 1 aliphatic carbocycles. The minimum atomic E-state index is 0.452. The molecule has 1 saturated carbocycles. The Bertz CT molecular complexity index is 808. The molecule has 0 N–H and O–H groups in total. The fourth-order valence-corrected chi connectivity index (χ4v) is 3.86. The molecule has 1 aliphatic rings. The molecule has 2 unspecified atom stereocenters. The highest BCUT2D eigenvalue weighted by Gasteiger charge is 2.27. The van der Waals surface area contributed by atoms with Gasteiger partial charge in [-0.2, -0.15) is 0 Å². The quantitative estimate of drug-likeness (QED) is 0.643. The summed E-state index contributed by atoms with van der Waals surface area (Å²) in [6, 6.07) is 8.81. The lowest BCUT2D eigenvalue weighted by molar-refractivity contribution is 0.494. The number of imidazole rings is 1. The summed E-state index contributed by atoms with van der Waals surface area (Å²) in [4.78, 5) is 9.24. The SMILES string of the molecule is CC1CCC(n2c(CCl)nc3cnc4ccccc4c32)C1. The van der Waals surface area contributed by atoms with Crippen molar-refractivity contribution < 1.29 is 0 Å². The predicted octanol–water partition coefficient (Wildman–Crippen LogP) is 4.68. The molecule has 0 bridgehead atoms. The number of alkyl halides is 1. The maximum Gasteiger partial charge on any atom is 0.125 e. The molecule has 1 fully saturated rings. The van der Waals surface area contributed by atoms with Crippen molar-refractivity contribution in [2.75, 3.05) is 0 Å². The first-order chi connectivity index (χ1) is 10.3. The maximum atomic E-state index is 6.17. The van der Waals surface area contributed by atoms with Crippen molar-refractivity contribution in [3.63, 3.8) is 0 Å². The molecule has 0 radical (unpaired) electrons. The second kappa shape index (κ2) is 4.99. The van der Waals surface area contributed by atoms with Crippen molar-refractivity contribution in [1.29, 1.82) is 0 Å². The van der Waals surface area contributed by atoms with Gasteiger partial charge in [-0.3, -0.25) is 4.98 Å². The van der Waals surface area contributed by atoms with Crippen LogP contribution in [0.3, 0.4) is 0 Å². The van der Waals surface area contributed by atoms with E-state index >= 15 is 0 Å². The van der Waals surface area contributed by atoms with Gasteiger partial charge in [0.15, 0.2) is 0 Å². The molecule has 0 amide bonds. The zero-order chi connectivity index (χ0) is 14.4. The predicted molar refractivity (Wildman–Crippen MR) is 86.6 cm³/mol. The summed E-state index contributed by atoms with van der Waals surface area (Å²) in [5.41, 5.74) is 3.19. The minimum absolute atomic E-state index is 0.452. The summed E-state index contributed by atoms with van der Waals surface area (Å²) in [5.74, 6) is 2.21. The van der Waals surface area contributed by atoms with Crippen LogP contribution in [-0.4, -0.2) is 14.5 Å². The number of benzene rings is 1. The van der Waals surface area contributed by atoms with Crippen LogP contribution >= 0.6 is 11.6 Å². The summed E-state index contributed by atoms with van der Waals surface area (Å²) >= 11 is 6.17. The van der Waals surface area contributed by atoms with E-state index in [9.17, 15) is 0 Å². The van der Waals surface area contributed by atoms with Crippen LogP contribution in [0.5, 0.6) is 0 Å². The Hall–Kier alpha value is -1.61. The fraction of sp³-hybridized carbons (Fsp3) is 0.412. The van der Waals surface area contributed by atoms with Crippen LogP contribution in [0.4, 0.5) is 0 Å². The highest BCUT2D eigenvalue weighted by molar-refractivity contribution is 6.17. The summed E-state index contributed by atoms with van der Waals surface area (Å²) in [6.45, 7) is 2.33. The van der Waals surface area contributed by atoms with E-state index in [1.54, 1.807) is 0 Å². The standard InChI is InChI=1S/C17H18ClN3/c1-11-6-7-12(8-11)21-16(9-18)20-15-10-19-14-5-3-2-4-13(14)17(15)21/h2-5,10-12H,6-9H2,1H3. The molecule has 2 aromatic heterocycles. The van der Waals surface area contributed by atoms with E-state index in [0.717, 1.165) is 22.8 Å². The molecule has 0 aliphatic heterocycles. The van der Waals surface area contributed by atoms with Crippen LogP contribution < -0.4 is 0 Å². The number of fused-ring (bicyclic) bond motifs is 3. The Balaban J connectivity index is 2.04. The number of rotatable bonds is 2. The Morgan fingerprint density at radius 1 is 1.24 bits per heavy atom. The zero-order valence-electron chi connectivity index (χ0n) is 12.1. The molecule has 4 rings (SSSR count). The second-order valence-corrected chi connectivity index (χ2v) is 6.38. The molecule has 2 heterocycles. The summed E-state index contributed by atoms with van der Waals surface area (Å²) < 4.78 is 2.38. The van der Waals surface area contributed by atoms with Gasteiger partial charge in [-0.05, 0) is 31.2 Å². The molecule has 1 aromatic carbocycles. The van der Waals surface area contributed by atoms with E-state index in [2.05, 4.69) is 34.7 Å². The highest BCUT2D eigenvalue weighted by atomic mass is 35.5. The van der Waals surface area contributed by atoms with Crippen LogP contribution in [0.2, 0.25) is 0 Å². The normalized spacial score (nSPS) is 22.4. The number of para-hydroxylation sites is 1. The molecular formula is C17H18ClN3. The van der Waals surface area contributed by atoms with Gasteiger partial charge in [0.05, 0.1) is 23.1 Å². The van der Waals surface area contributed by atoms with E-state index in [-0.39, 0.29) is 0 Å². The van der Waals surface area contributed by atoms with Gasteiger partial charge in [0, 0.05) is 11.4 Å². The van der Waals surface area contributed by atoms with Crippen LogP contribution in [-0.2, 0) is 5.88 Å². The Morgan fingerprint density at radius 3 is 2.86 bits per heavy atom. The molecular weight excluding hydrogens is 282 g/mol. The van der Waals surface area contributed by atoms with Gasteiger partial charge in [-0.15, -0.1) is 11.6 Å². The zero-order valence-corrected chi connectivity index (χ0v) is 12.8. The van der Waals surface area contributed by atoms with E-state index in [1.165, 1.54) is 30.2 Å². The lowest BCUT2D eigenvalue weighted by Crippen LogP contribution is -2.09. The number of hydrogen-bond acceptors (Lipinski definition) is 2. The molecule has 2 atom stereocenters. The Morgan fingerprint density at radius 2 is 2.10 bits per heavy atom. The van der Waals surface area contributed by atoms with Crippen molar-refractivity contribution in [2.45, 2.75) is 38.1 Å². The number of hydrogen-bond donors (Lipinski definition) is 0. The third-order valence-electron chi connectivity index (χ3n) is 4.65. The molecule has 4 heteroatoms. The monoisotopic (exact) mass is 299 g/mol. The lowest BCUT2D eigenvalue weighted by Gasteiger charge is -2.16. The van der Waals surface area contributed by atoms with E-state index in [4.69, 9.17) is 16.6 Å². The van der Waals surface area contributed by atoms with Crippen molar-refractivity contribution in [1.82, 2.24) is 14.5 Å². The van der Waals surface area contributed by atoms with Gasteiger partial charge < -0.3 is 4.57 Å². The first-order valence-electron chi connectivity index (χ1n) is 7.58. The third-order valence-corrected chi connectivity index (χ3v) is 4.89. The highest BCUT2D eigenvalue weighted by Crippen LogP contribution is 2.38. The largest absolute Gasteiger partial charge is 0.323 e.